The van der Waals surface area contributed by atoms with Gasteiger partial charge in [0.05, 0.1) is 0 Å². The molecule has 0 spiro atoms. The van der Waals surface area contributed by atoms with Crippen molar-refractivity contribution in [1.82, 2.24) is 0 Å². The summed E-state index contributed by atoms with van der Waals surface area (Å²) in [5.74, 6) is 5.30. The van der Waals surface area contributed by atoms with Crippen LogP contribution in [0.3, 0.4) is 0 Å². The molecule has 0 unspecified atom stereocenters. The monoisotopic (exact) mass is 584 g/mol. The predicted molar refractivity (Wildman–Crippen MR) is 177 cm³/mol. The summed E-state index contributed by atoms with van der Waals surface area (Å²) >= 11 is 0. The number of hydrogen-bond donors (Lipinski definition) is 4. The summed E-state index contributed by atoms with van der Waals surface area (Å²) in [5.41, 5.74) is 25.5. The number of anilines is 4. The van der Waals surface area contributed by atoms with Crippen LogP contribution in [-0.4, -0.2) is 0 Å². The van der Waals surface area contributed by atoms with Crippen molar-refractivity contribution in [1.29, 1.82) is 0 Å². The Morgan fingerprint density at radius 1 is 0.250 bits per heavy atom. The molecular weight excluding hydrogens is 552 g/mol. The first-order valence-electron chi connectivity index (χ1n) is 13.7. The predicted octanol–water partition coefficient (Wildman–Crippen LogP) is 8.87. The molecule has 0 bridgehead atoms. The summed E-state index contributed by atoms with van der Waals surface area (Å²) in [6.45, 7) is 0. The number of ether oxygens (including phenoxy) is 4. The number of nitrogens with two attached hydrogens (primary N) is 4. The van der Waals surface area contributed by atoms with Crippen molar-refractivity contribution in [2.75, 3.05) is 22.9 Å². The first kappa shape index (κ1) is 29.2. The van der Waals surface area contributed by atoms with Crippen LogP contribution < -0.4 is 41.9 Å². The third-order valence-corrected chi connectivity index (χ3v) is 6.13. The fourth-order valence-electron chi connectivity index (χ4n) is 3.89. The highest BCUT2D eigenvalue weighted by molar-refractivity contribution is 5.50. The molecule has 8 N–H and O–H groups in total. The van der Waals surface area contributed by atoms with Gasteiger partial charge in [0.25, 0.3) is 0 Å². The molecule has 0 aliphatic heterocycles. The van der Waals surface area contributed by atoms with E-state index in [4.69, 9.17) is 41.9 Å². The maximum absolute atomic E-state index is 5.86. The van der Waals surface area contributed by atoms with Crippen molar-refractivity contribution in [3.05, 3.63) is 146 Å². The van der Waals surface area contributed by atoms with Crippen LogP contribution >= 0.6 is 0 Å². The fraction of sp³-hybridized carbons (Fsp3) is 0. The van der Waals surface area contributed by atoms with E-state index in [1.54, 1.807) is 48.5 Å². The molecule has 0 aromatic heterocycles. The van der Waals surface area contributed by atoms with Gasteiger partial charge in [0.2, 0.25) is 0 Å². The Morgan fingerprint density at radius 3 is 0.614 bits per heavy atom. The van der Waals surface area contributed by atoms with Gasteiger partial charge in [0.15, 0.2) is 23.0 Å². The lowest BCUT2D eigenvalue weighted by Crippen LogP contribution is -1.91. The smallest absolute Gasteiger partial charge is 0.169 e. The molecule has 6 aromatic rings. The molecule has 0 saturated heterocycles. The highest BCUT2D eigenvalue weighted by Crippen LogP contribution is 2.36. The van der Waals surface area contributed by atoms with Crippen LogP contribution in [0.15, 0.2) is 146 Å². The highest BCUT2D eigenvalue weighted by atomic mass is 16.5. The Balaban J connectivity index is 0.000000175. The quantitative estimate of drug-likeness (QED) is 0.130. The van der Waals surface area contributed by atoms with E-state index in [9.17, 15) is 0 Å². The average Bonchev–Trinajstić information content (AvgIpc) is 3.04. The molecule has 0 amide bonds. The molecule has 0 atom stereocenters. The zero-order valence-corrected chi connectivity index (χ0v) is 23.8. The molecule has 0 fully saturated rings. The number of rotatable bonds is 8. The zero-order valence-electron chi connectivity index (χ0n) is 23.8. The molecule has 0 heterocycles. The van der Waals surface area contributed by atoms with Gasteiger partial charge in [-0.3, -0.25) is 0 Å². The normalized spacial score (nSPS) is 10.2. The van der Waals surface area contributed by atoms with Crippen molar-refractivity contribution < 1.29 is 18.9 Å². The lowest BCUT2D eigenvalue weighted by molar-refractivity contribution is 0.419. The number of benzene rings is 6. The average molecular weight is 585 g/mol. The minimum Gasteiger partial charge on any atom is -0.453 e. The molecule has 220 valence electrons. The molecule has 8 heteroatoms. The topological polar surface area (TPSA) is 141 Å². The summed E-state index contributed by atoms with van der Waals surface area (Å²) in [5, 5.41) is 0. The Labute approximate surface area is 256 Å². The van der Waals surface area contributed by atoms with E-state index in [2.05, 4.69) is 0 Å². The lowest BCUT2D eigenvalue weighted by atomic mass is 10.3. The Morgan fingerprint density at radius 2 is 0.432 bits per heavy atom. The van der Waals surface area contributed by atoms with Gasteiger partial charge in [-0.25, -0.2) is 0 Å². The van der Waals surface area contributed by atoms with Crippen molar-refractivity contribution in [2.45, 2.75) is 0 Å². The number of para-hydroxylation sites is 4. The maximum Gasteiger partial charge on any atom is 0.169 e. The van der Waals surface area contributed by atoms with Crippen LogP contribution in [0.1, 0.15) is 0 Å². The van der Waals surface area contributed by atoms with Crippen LogP contribution in [0.2, 0.25) is 0 Å². The van der Waals surface area contributed by atoms with Crippen LogP contribution in [0.25, 0.3) is 0 Å². The fourth-order valence-corrected chi connectivity index (χ4v) is 3.89. The number of hydrogen-bond acceptors (Lipinski definition) is 8. The second-order valence-electron chi connectivity index (χ2n) is 9.58. The van der Waals surface area contributed by atoms with E-state index >= 15 is 0 Å². The standard InChI is InChI=1S/2C18H16N2O2/c2*19-13-5-9-15(10-6-13)21-17-3-1-2-4-18(17)22-16-11-7-14(20)8-12-16/h2*1-12H,19-20H2. The summed E-state index contributed by atoms with van der Waals surface area (Å²) in [7, 11) is 0. The van der Waals surface area contributed by atoms with E-state index < -0.39 is 0 Å². The first-order valence-corrected chi connectivity index (χ1v) is 13.7. The molecule has 0 radical (unpaired) electrons. The Kier molecular flexibility index (Phi) is 9.34. The zero-order chi connectivity index (χ0) is 30.7. The first-order chi connectivity index (χ1) is 21.4. The lowest BCUT2D eigenvalue weighted by Gasteiger charge is -2.12. The second kappa shape index (κ2) is 14.1. The van der Waals surface area contributed by atoms with Gasteiger partial charge in [-0.05, 0) is 121 Å². The summed E-state index contributed by atoms with van der Waals surface area (Å²) in [6, 6.07) is 43.8. The number of nitrogen functional groups attached to an aromatic ring is 4. The van der Waals surface area contributed by atoms with Crippen molar-refractivity contribution >= 4 is 22.7 Å². The molecule has 8 nitrogen and oxygen atoms in total. The molecular formula is C36H32N4O4. The van der Waals surface area contributed by atoms with E-state index in [-0.39, 0.29) is 0 Å². The second-order valence-corrected chi connectivity index (χ2v) is 9.58. The summed E-state index contributed by atoms with van der Waals surface area (Å²) in [4.78, 5) is 0. The van der Waals surface area contributed by atoms with E-state index in [1.807, 2.05) is 97.1 Å². The largest absolute Gasteiger partial charge is 0.453 e. The van der Waals surface area contributed by atoms with E-state index in [1.165, 1.54) is 0 Å². The Hall–Kier alpha value is -6.28. The van der Waals surface area contributed by atoms with Gasteiger partial charge in [-0.15, -0.1) is 0 Å². The minimum absolute atomic E-state index is 0.629. The van der Waals surface area contributed by atoms with E-state index in [0.717, 1.165) is 0 Å². The van der Waals surface area contributed by atoms with Gasteiger partial charge in [0.1, 0.15) is 23.0 Å². The van der Waals surface area contributed by atoms with Crippen molar-refractivity contribution in [3.63, 3.8) is 0 Å². The van der Waals surface area contributed by atoms with Crippen molar-refractivity contribution in [3.8, 4) is 46.0 Å². The summed E-state index contributed by atoms with van der Waals surface area (Å²) in [6.07, 6.45) is 0. The molecule has 0 aliphatic rings. The third-order valence-electron chi connectivity index (χ3n) is 6.13. The molecule has 44 heavy (non-hydrogen) atoms. The van der Waals surface area contributed by atoms with Crippen LogP contribution in [-0.2, 0) is 0 Å². The van der Waals surface area contributed by atoms with Gasteiger partial charge >= 0.3 is 0 Å². The molecule has 0 aliphatic carbocycles. The van der Waals surface area contributed by atoms with Gasteiger partial charge in [-0.2, -0.15) is 0 Å². The van der Waals surface area contributed by atoms with Crippen LogP contribution in [0, 0.1) is 0 Å². The minimum atomic E-state index is 0.629. The van der Waals surface area contributed by atoms with Gasteiger partial charge in [-0.1, -0.05) is 24.3 Å². The van der Waals surface area contributed by atoms with Crippen LogP contribution in [0.5, 0.6) is 46.0 Å². The van der Waals surface area contributed by atoms with Gasteiger partial charge in [0, 0.05) is 22.7 Å². The molecule has 0 saturated carbocycles. The molecule has 6 aromatic carbocycles. The SMILES string of the molecule is Nc1ccc(Oc2ccccc2Oc2ccc(N)cc2)cc1.Nc1ccc(Oc2ccccc2Oc2ccc(N)cc2)cc1. The van der Waals surface area contributed by atoms with Gasteiger partial charge < -0.3 is 41.9 Å². The molecule has 6 rings (SSSR count). The van der Waals surface area contributed by atoms with E-state index in [0.29, 0.717) is 68.7 Å². The van der Waals surface area contributed by atoms with Crippen LogP contribution in [0.4, 0.5) is 22.7 Å². The Bertz CT molecular complexity index is 1510. The van der Waals surface area contributed by atoms with Crippen molar-refractivity contribution in [2.24, 2.45) is 0 Å². The highest BCUT2D eigenvalue weighted by Gasteiger charge is 2.08. The summed E-state index contributed by atoms with van der Waals surface area (Å²) < 4.78 is 23.4. The maximum atomic E-state index is 5.86. The third kappa shape index (κ3) is 8.37.